The molecule has 2 N–H and O–H groups in total. The van der Waals surface area contributed by atoms with Gasteiger partial charge in [-0.05, 0) is 25.5 Å². The van der Waals surface area contributed by atoms with Crippen LogP contribution in [0.25, 0.3) is 0 Å². The van der Waals surface area contributed by atoms with Crippen LogP contribution in [0.2, 0.25) is 0 Å². The Hall–Kier alpha value is -1.26. The zero-order valence-electron chi connectivity index (χ0n) is 11.9. The molecule has 0 bridgehead atoms. The second kappa shape index (κ2) is 9.64. The van der Waals surface area contributed by atoms with Crippen molar-refractivity contribution in [2.75, 3.05) is 26.4 Å². The van der Waals surface area contributed by atoms with Gasteiger partial charge >= 0.3 is 0 Å². The van der Waals surface area contributed by atoms with Crippen LogP contribution in [0.4, 0.5) is 0 Å². The van der Waals surface area contributed by atoms with E-state index in [0.717, 1.165) is 43.0 Å². The Labute approximate surface area is 115 Å². The van der Waals surface area contributed by atoms with Gasteiger partial charge in [-0.2, -0.15) is 0 Å². The summed E-state index contributed by atoms with van der Waals surface area (Å²) in [7, 11) is 0. The molecule has 1 aromatic carbocycles. The molecule has 0 saturated carbocycles. The van der Waals surface area contributed by atoms with E-state index in [2.05, 4.69) is 19.2 Å². The average Bonchev–Trinajstić information content (AvgIpc) is 2.44. The predicted molar refractivity (Wildman–Crippen MR) is 76.8 cm³/mol. The Morgan fingerprint density at radius 3 is 2.63 bits per heavy atom. The maximum absolute atomic E-state index is 8.87. The van der Waals surface area contributed by atoms with Crippen LogP contribution >= 0.6 is 0 Å². The SMILES string of the molecule is CCCNCc1ccc(OCCC)cc1OCCO. The summed E-state index contributed by atoms with van der Waals surface area (Å²) >= 11 is 0. The van der Waals surface area contributed by atoms with Crippen LogP contribution < -0.4 is 14.8 Å². The van der Waals surface area contributed by atoms with Crippen molar-refractivity contribution in [3.63, 3.8) is 0 Å². The summed E-state index contributed by atoms with van der Waals surface area (Å²) < 4.78 is 11.2. The molecule has 0 spiro atoms. The smallest absolute Gasteiger partial charge is 0.127 e. The van der Waals surface area contributed by atoms with Crippen molar-refractivity contribution in [1.29, 1.82) is 0 Å². The van der Waals surface area contributed by atoms with Gasteiger partial charge in [0.2, 0.25) is 0 Å². The Morgan fingerprint density at radius 1 is 1.11 bits per heavy atom. The van der Waals surface area contributed by atoms with Gasteiger partial charge in [-0.25, -0.2) is 0 Å². The molecule has 108 valence electrons. The Balaban J connectivity index is 2.70. The lowest BCUT2D eigenvalue weighted by atomic mass is 10.2. The largest absolute Gasteiger partial charge is 0.493 e. The highest BCUT2D eigenvalue weighted by Crippen LogP contribution is 2.25. The third kappa shape index (κ3) is 5.94. The fourth-order valence-corrected chi connectivity index (χ4v) is 1.68. The maximum Gasteiger partial charge on any atom is 0.127 e. The van der Waals surface area contributed by atoms with Crippen molar-refractivity contribution in [3.8, 4) is 11.5 Å². The predicted octanol–water partition coefficient (Wildman–Crippen LogP) is 2.35. The number of hydrogen-bond donors (Lipinski definition) is 2. The normalized spacial score (nSPS) is 10.5. The topological polar surface area (TPSA) is 50.7 Å². The second-order valence-electron chi connectivity index (χ2n) is 4.37. The molecular formula is C15H25NO3. The van der Waals surface area contributed by atoms with E-state index >= 15 is 0 Å². The van der Waals surface area contributed by atoms with Gasteiger partial charge in [-0.15, -0.1) is 0 Å². The standard InChI is InChI=1S/C15H25NO3/c1-3-7-16-12-13-5-6-14(18-9-4-2)11-15(13)19-10-8-17/h5-6,11,16-17H,3-4,7-10,12H2,1-2H3. The number of hydrogen-bond acceptors (Lipinski definition) is 4. The van der Waals surface area contributed by atoms with Gasteiger partial charge in [0.25, 0.3) is 0 Å². The van der Waals surface area contributed by atoms with Crippen molar-refractivity contribution < 1.29 is 14.6 Å². The summed E-state index contributed by atoms with van der Waals surface area (Å²) in [5, 5.41) is 12.2. The molecular weight excluding hydrogens is 242 g/mol. The van der Waals surface area contributed by atoms with Crippen LogP contribution in [-0.4, -0.2) is 31.5 Å². The lowest BCUT2D eigenvalue weighted by molar-refractivity contribution is 0.199. The molecule has 1 rings (SSSR count). The van der Waals surface area contributed by atoms with Crippen molar-refractivity contribution in [2.24, 2.45) is 0 Å². The van der Waals surface area contributed by atoms with Crippen LogP contribution in [0.1, 0.15) is 32.3 Å². The molecule has 1 aromatic rings. The first-order chi connectivity index (χ1) is 9.31. The van der Waals surface area contributed by atoms with Gasteiger partial charge in [-0.3, -0.25) is 0 Å². The third-order valence-corrected chi connectivity index (χ3v) is 2.60. The highest BCUT2D eigenvalue weighted by molar-refractivity contribution is 5.40. The van der Waals surface area contributed by atoms with E-state index in [1.165, 1.54) is 0 Å². The zero-order valence-corrected chi connectivity index (χ0v) is 11.9. The summed E-state index contributed by atoms with van der Waals surface area (Å²) in [4.78, 5) is 0. The molecule has 4 heteroatoms. The molecule has 0 fully saturated rings. The Bertz CT molecular complexity index is 355. The maximum atomic E-state index is 8.87. The van der Waals surface area contributed by atoms with E-state index < -0.39 is 0 Å². The molecule has 0 radical (unpaired) electrons. The summed E-state index contributed by atoms with van der Waals surface area (Å²) in [6.45, 7) is 6.98. The summed E-state index contributed by atoms with van der Waals surface area (Å²) in [5.41, 5.74) is 1.09. The molecule has 0 unspecified atom stereocenters. The fraction of sp³-hybridized carbons (Fsp3) is 0.600. The van der Waals surface area contributed by atoms with Crippen LogP contribution in [-0.2, 0) is 6.54 Å². The Kier molecular flexibility index (Phi) is 8.02. The van der Waals surface area contributed by atoms with E-state index in [9.17, 15) is 0 Å². The monoisotopic (exact) mass is 267 g/mol. The van der Waals surface area contributed by atoms with E-state index in [0.29, 0.717) is 13.2 Å². The molecule has 19 heavy (non-hydrogen) atoms. The first-order valence-electron chi connectivity index (χ1n) is 7.01. The van der Waals surface area contributed by atoms with Crippen LogP contribution in [0, 0.1) is 0 Å². The van der Waals surface area contributed by atoms with Gasteiger partial charge in [0, 0.05) is 18.2 Å². The molecule has 0 aliphatic heterocycles. The number of nitrogens with one attached hydrogen (secondary N) is 1. The first kappa shape index (κ1) is 15.8. The highest BCUT2D eigenvalue weighted by atomic mass is 16.5. The summed E-state index contributed by atoms with van der Waals surface area (Å²) in [6, 6.07) is 5.87. The van der Waals surface area contributed by atoms with Gasteiger partial charge in [0.15, 0.2) is 0 Å². The van der Waals surface area contributed by atoms with E-state index in [1.807, 2.05) is 18.2 Å². The molecule has 0 heterocycles. The summed E-state index contributed by atoms with van der Waals surface area (Å²) in [6.07, 6.45) is 2.08. The van der Waals surface area contributed by atoms with Gasteiger partial charge in [0.05, 0.1) is 13.2 Å². The van der Waals surface area contributed by atoms with Crippen molar-refractivity contribution in [1.82, 2.24) is 5.32 Å². The quantitative estimate of drug-likeness (QED) is 0.639. The zero-order chi connectivity index (χ0) is 13.9. The van der Waals surface area contributed by atoms with Crippen LogP contribution in [0.15, 0.2) is 18.2 Å². The molecule has 0 atom stereocenters. The number of rotatable bonds is 10. The Morgan fingerprint density at radius 2 is 1.95 bits per heavy atom. The van der Waals surface area contributed by atoms with Crippen LogP contribution in [0.5, 0.6) is 11.5 Å². The van der Waals surface area contributed by atoms with E-state index in [1.54, 1.807) is 0 Å². The first-order valence-corrected chi connectivity index (χ1v) is 7.01. The molecule has 0 aliphatic rings. The molecule has 0 aliphatic carbocycles. The summed E-state index contributed by atoms with van der Waals surface area (Å²) in [5.74, 6) is 1.60. The number of ether oxygens (including phenoxy) is 2. The number of aliphatic hydroxyl groups excluding tert-OH is 1. The number of aliphatic hydroxyl groups is 1. The third-order valence-electron chi connectivity index (χ3n) is 2.60. The minimum atomic E-state index is 0.0157. The molecule has 0 aromatic heterocycles. The van der Waals surface area contributed by atoms with Crippen molar-refractivity contribution in [2.45, 2.75) is 33.2 Å². The second-order valence-corrected chi connectivity index (χ2v) is 4.37. The van der Waals surface area contributed by atoms with Crippen LogP contribution in [0.3, 0.4) is 0 Å². The minimum Gasteiger partial charge on any atom is -0.493 e. The van der Waals surface area contributed by atoms with Gasteiger partial charge in [0.1, 0.15) is 18.1 Å². The highest BCUT2D eigenvalue weighted by Gasteiger charge is 2.06. The van der Waals surface area contributed by atoms with Crippen molar-refractivity contribution in [3.05, 3.63) is 23.8 Å². The lowest BCUT2D eigenvalue weighted by Crippen LogP contribution is -2.15. The van der Waals surface area contributed by atoms with Gasteiger partial charge in [-0.1, -0.05) is 19.9 Å². The lowest BCUT2D eigenvalue weighted by Gasteiger charge is -2.13. The molecule has 0 amide bonds. The average molecular weight is 267 g/mol. The molecule has 4 nitrogen and oxygen atoms in total. The number of benzene rings is 1. The minimum absolute atomic E-state index is 0.0157. The molecule has 0 saturated heterocycles. The van der Waals surface area contributed by atoms with Gasteiger partial charge < -0.3 is 19.9 Å². The van der Waals surface area contributed by atoms with E-state index in [-0.39, 0.29) is 6.61 Å². The van der Waals surface area contributed by atoms with Crippen molar-refractivity contribution >= 4 is 0 Å². The van der Waals surface area contributed by atoms with E-state index in [4.69, 9.17) is 14.6 Å². The fourth-order valence-electron chi connectivity index (χ4n) is 1.68.